The van der Waals surface area contributed by atoms with Gasteiger partial charge in [-0.05, 0) is 43.4 Å². The highest BCUT2D eigenvalue weighted by molar-refractivity contribution is 5.28. The number of benzene rings is 1. The number of rotatable bonds is 6. The van der Waals surface area contributed by atoms with Crippen LogP contribution < -0.4 is 10.1 Å². The highest BCUT2D eigenvalue weighted by Crippen LogP contribution is 2.19. The van der Waals surface area contributed by atoms with Gasteiger partial charge in [0, 0.05) is 19.2 Å². The van der Waals surface area contributed by atoms with E-state index in [2.05, 4.69) is 23.5 Å². The number of nitrogens with one attached hydrogen (secondary N) is 1. The summed E-state index contributed by atoms with van der Waals surface area (Å²) in [5, 5.41) is 3.68. The van der Waals surface area contributed by atoms with E-state index in [-0.39, 0.29) is 6.10 Å². The Hall–Kier alpha value is -1.06. The van der Waals surface area contributed by atoms with Crippen molar-refractivity contribution in [3.63, 3.8) is 0 Å². The number of hydrogen-bond acceptors (Lipinski definition) is 3. The first kappa shape index (κ1) is 14.9. The van der Waals surface area contributed by atoms with Gasteiger partial charge in [0.15, 0.2) is 0 Å². The van der Waals surface area contributed by atoms with Gasteiger partial charge in [-0.1, -0.05) is 31.4 Å². The van der Waals surface area contributed by atoms with E-state index in [0.29, 0.717) is 12.6 Å². The van der Waals surface area contributed by atoms with Crippen LogP contribution in [0.1, 0.15) is 50.5 Å². The Morgan fingerprint density at radius 2 is 2.00 bits per heavy atom. The molecule has 1 saturated heterocycles. The first-order valence-electron chi connectivity index (χ1n) is 8.47. The predicted octanol–water partition coefficient (Wildman–Crippen LogP) is 3.67. The quantitative estimate of drug-likeness (QED) is 0.867. The van der Waals surface area contributed by atoms with Gasteiger partial charge in [0.25, 0.3) is 0 Å². The van der Waals surface area contributed by atoms with Crippen molar-refractivity contribution < 1.29 is 9.47 Å². The van der Waals surface area contributed by atoms with Crippen LogP contribution in [0.15, 0.2) is 24.3 Å². The zero-order valence-electron chi connectivity index (χ0n) is 12.9. The summed E-state index contributed by atoms with van der Waals surface area (Å²) in [4.78, 5) is 0. The first-order valence-corrected chi connectivity index (χ1v) is 8.47. The lowest BCUT2D eigenvalue weighted by atomic mass is 9.95. The lowest BCUT2D eigenvalue weighted by Gasteiger charge is -2.23. The van der Waals surface area contributed by atoms with Crippen molar-refractivity contribution in [3.8, 4) is 5.75 Å². The average Bonchev–Trinajstić information content (AvgIpc) is 3.06. The van der Waals surface area contributed by atoms with Crippen LogP contribution in [0.3, 0.4) is 0 Å². The Balaban J connectivity index is 1.45. The minimum atomic E-state index is 0.286. The van der Waals surface area contributed by atoms with E-state index in [1.807, 2.05) is 6.07 Å². The van der Waals surface area contributed by atoms with Gasteiger partial charge in [0.05, 0.1) is 6.10 Å². The van der Waals surface area contributed by atoms with E-state index in [1.165, 1.54) is 44.1 Å². The molecule has 1 unspecified atom stereocenters. The standard InChI is InChI=1S/C18H27NO2/c1-2-7-16(8-3-1)19-13-15-6-4-9-17(12-15)21-14-18-10-5-11-20-18/h4,6,9,12,16,18-19H,1-3,5,7-8,10-11,13-14H2. The maximum atomic E-state index is 5.87. The second kappa shape index (κ2) is 7.81. The maximum absolute atomic E-state index is 5.87. The third kappa shape index (κ3) is 4.72. The molecule has 116 valence electrons. The zero-order chi connectivity index (χ0) is 14.3. The van der Waals surface area contributed by atoms with Crippen LogP contribution in [-0.2, 0) is 11.3 Å². The Bertz CT molecular complexity index is 423. The van der Waals surface area contributed by atoms with Crippen LogP contribution >= 0.6 is 0 Å². The Kier molecular flexibility index (Phi) is 5.53. The molecule has 0 aromatic heterocycles. The smallest absolute Gasteiger partial charge is 0.119 e. The molecule has 0 radical (unpaired) electrons. The molecule has 3 nitrogen and oxygen atoms in total. The molecule has 1 atom stereocenters. The van der Waals surface area contributed by atoms with Gasteiger partial charge in [0.2, 0.25) is 0 Å². The van der Waals surface area contributed by atoms with E-state index < -0.39 is 0 Å². The second-order valence-electron chi connectivity index (χ2n) is 6.31. The Morgan fingerprint density at radius 3 is 2.81 bits per heavy atom. The molecule has 1 aliphatic carbocycles. The van der Waals surface area contributed by atoms with Gasteiger partial charge in [-0.2, -0.15) is 0 Å². The molecule has 0 spiro atoms. The average molecular weight is 289 g/mol. The molecule has 3 rings (SSSR count). The summed E-state index contributed by atoms with van der Waals surface area (Å²) in [5.41, 5.74) is 1.31. The summed E-state index contributed by atoms with van der Waals surface area (Å²) < 4.78 is 11.5. The largest absolute Gasteiger partial charge is 0.491 e. The van der Waals surface area contributed by atoms with Crippen LogP contribution in [0.5, 0.6) is 5.75 Å². The molecule has 2 fully saturated rings. The van der Waals surface area contributed by atoms with Crippen molar-refractivity contribution in [2.24, 2.45) is 0 Å². The van der Waals surface area contributed by atoms with Crippen LogP contribution in [0.2, 0.25) is 0 Å². The van der Waals surface area contributed by atoms with E-state index >= 15 is 0 Å². The monoisotopic (exact) mass is 289 g/mol. The van der Waals surface area contributed by atoms with Gasteiger partial charge in [0.1, 0.15) is 12.4 Å². The Morgan fingerprint density at radius 1 is 1.10 bits per heavy atom. The van der Waals surface area contributed by atoms with Gasteiger partial charge in [-0.15, -0.1) is 0 Å². The van der Waals surface area contributed by atoms with E-state index in [4.69, 9.17) is 9.47 Å². The predicted molar refractivity (Wildman–Crippen MR) is 84.6 cm³/mol. The summed E-state index contributed by atoms with van der Waals surface area (Å²) >= 11 is 0. The molecule has 21 heavy (non-hydrogen) atoms. The first-order chi connectivity index (χ1) is 10.4. The molecule has 3 heteroatoms. The van der Waals surface area contributed by atoms with Crippen molar-refractivity contribution in [2.45, 2.75) is 63.6 Å². The molecule has 1 aromatic carbocycles. The maximum Gasteiger partial charge on any atom is 0.119 e. The van der Waals surface area contributed by atoms with Crippen molar-refractivity contribution in [1.29, 1.82) is 0 Å². The topological polar surface area (TPSA) is 30.5 Å². The minimum Gasteiger partial charge on any atom is -0.491 e. The van der Waals surface area contributed by atoms with Gasteiger partial charge in [-0.25, -0.2) is 0 Å². The SMILES string of the molecule is c1cc(CNC2CCCCC2)cc(OCC2CCCO2)c1. The number of hydrogen-bond donors (Lipinski definition) is 1. The molecular formula is C18H27NO2. The van der Waals surface area contributed by atoms with Crippen molar-refractivity contribution >= 4 is 0 Å². The lowest BCUT2D eigenvalue weighted by Crippen LogP contribution is -2.30. The van der Waals surface area contributed by atoms with E-state index in [0.717, 1.165) is 25.3 Å². The molecule has 1 aliphatic heterocycles. The summed E-state index contributed by atoms with van der Waals surface area (Å²) in [6, 6.07) is 9.16. The summed E-state index contributed by atoms with van der Waals surface area (Å²) in [6.45, 7) is 2.51. The molecule has 2 aliphatic rings. The van der Waals surface area contributed by atoms with Crippen molar-refractivity contribution in [3.05, 3.63) is 29.8 Å². The van der Waals surface area contributed by atoms with Crippen LogP contribution in [0.4, 0.5) is 0 Å². The fourth-order valence-corrected chi connectivity index (χ4v) is 3.28. The zero-order valence-corrected chi connectivity index (χ0v) is 12.9. The molecule has 1 saturated carbocycles. The molecule has 1 heterocycles. The van der Waals surface area contributed by atoms with E-state index in [9.17, 15) is 0 Å². The molecule has 0 amide bonds. The highest BCUT2D eigenvalue weighted by atomic mass is 16.5. The fraction of sp³-hybridized carbons (Fsp3) is 0.667. The van der Waals surface area contributed by atoms with Gasteiger partial charge in [-0.3, -0.25) is 0 Å². The molecule has 1 aromatic rings. The summed E-state index contributed by atoms with van der Waals surface area (Å²) in [6.07, 6.45) is 9.40. The summed E-state index contributed by atoms with van der Waals surface area (Å²) in [7, 11) is 0. The second-order valence-corrected chi connectivity index (χ2v) is 6.31. The van der Waals surface area contributed by atoms with Crippen LogP contribution in [0.25, 0.3) is 0 Å². The minimum absolute atomic E-state index is 0.286. The fourth-order valence-electron chi connectivity index (χ4n) is 3.28. The van der Waals surface area contributed by atoms with Crippen LogP contribution in [-0.4, -0.2) is 25.4 Å². The molecule has 0 bridgehead atoms. The van der Waals surface area contributed by atoms with Crippen molar-refractivity contribution in [1.82, 2.24) is 5.32 Å². The third-order valence-electron chi connectivity index (χ3n) is 4.56. The number of ether oxygens (including phenoxy) is 2. The molecular weight excluding hydrogens is 262 g/mol. The normalized spacial score (nSPS) is 23.3. The van der Waals surface area contributed by atoms with Crippen LogP contribution in [0, 0.1) is 0 Å². The summed E-state index contributed by atoms with van der Waals surface area (Å²) in [5.74, 6) is 0.966. The van der Waals surface area contributed by atoms with E-state index in [1.54, 1.807) is 0 Å². The highest BCUT2D eigenvalue weighted by Gasteiger charge is 2.16. The van der Waals surface area contributed by atoms with Gasteiger partial charge >= 0.3 is 0 Å². The van der Waals surface area contributed by atoms with Gasteiger partial charge < -0.3 is 14.8 Å². The van der Waals surface area contributed by atoms with Crippen molar-refractivity contribution in [2.75, 3.05) is 13.2 Å². The Labute approximate surface area is 128 Å². The lowest BCUT2D eigenvalue weighted by molar-refractivity contribution is 0.0679. The molecule has 1 N–H and O–H groups in total. The third-order valence-corrected chi connectivity index (χ3v) is 4.56.